The Morgan fingerprint density at radius 1 is 1.25 bits per heavy atom. The Hall–Kier alpha value is -1.65. The largest absolute Gasteiger partial charge is 0.467 e. The molecular formula is C16H19FN2O. The van der Waals surface area contributed by atoms with Crippen LogP contribution in [0.1, 0.15) is 22.9 Å². The molecule has 3 rings (SSSR count). The second kappa shape index (κ2) is 5.77. The SMILES string of the molecule is Cc1ccc(F)cc1[C@H](c1ccco1)N1CCNCC1. The quantitative estimate of drug-likeness (QED) is 0.933. The van der Waals surface area contributed by atoms with Gasteiger partial charge in [-0.3, -0.25) is 4.90 Å². The molecule has 20 heavy (non-hydrogen) atoms. The van der Waals surface area contributed by atoms with Gasteiger partial charge >= 0.3 is 0 Å². The standard InChI is InChI=1S/C16H19FN2O/c1-12-4-5-13(17)11-14(12)16(15-3-2-10-20-15)19-8-6-18-7-9-19/h2-5,10-11,16,18H,6-9H2,1H3/t16-/m1/s1. The van der Waals surface area contributed by atoms with Gasteiger partial charge in [-0.05, 0) is 42.3 Å². The molecule has 0 aliphatic carbocycles. The molecule has 106 valence electrons. The summed E-state index contributed by atoms with van der Waals surface area (Å²) >= 11 is 0. The van der Waals surface area contributed by atoms with Gasteiger partial charge in [0, 0.05) is 26.2 Å². The third kappa shape index (κ3) is 2.62. The molecule has 0 amide bonds. The molecule has 0 radical (unpaired) electrons. The van der Waals surface area contributed by atoms with Gasteiger partial charge < -0.3 is 9.73 Å². The van der Waals surface area contributed by atoms with Crippen molar-refractivity contribution in [3.8, 4) is 0 Å². The van der Waals surface area contributed by atoms with Crippen LogP contribution in [0.15, 0.2) is 41.0 Å². The number of furan rings is 1. The van der Waals surface area contributed by atoms with Gasteiger partial charge in [-0.1, -0.05) is 6.07 Å². The maximum atomic E-state index is 13.7. The van der Waals surface area contributed by atoms with Gasteiger partial charge in [0.05, 0.1) is 12.3 Å². The van der Waals surface area contributed by atoms with E-state index < -0.39 is 0 Å². The van der Waals surface area contributed by atoms with Crippen LogP contribution in [0.3, 0.4) is 0 Å². The van der Waals surface area contributed by atoms with E-state index in [-0.39, 0.29) is 11.9 Å². The number of rotatable bonds is 3. The number of nitrogens with one attached hydrogen (secondary N) is 1. The van der Waals surface area contributed by atoms with Crippen molar-refractivity contribution in [3.05, 3.63) is 59.3 Å². The highest BCUT2D eigenvalue weighted by Gasteiger charge is 2.27. The summed E-state index contributed by atoms with van der Waals surface area (Å²) in [5.74, 6) is 0.679. The number of aryl methyl sites for hydroxylation is 1. The van der Waals surface area contributed by atoms with Crippen LogP contribution in [-0.2, 0) is 0 Å². The summed E-state index contributed by atoms with van der Waals surface area (Å²) in [5, 5.41) is 3.35. The van der Waals surface area contributed by atoms with Crippen molar-refractivity contribution in [3.63, 3.8) is 0 Å². The molecule has 1 atom stereocenters. The van der Waals surface area contributed by atoms with Gasteiger partial charge in [0.2, 0.25) is 0 Å². The first-order chi connectivity index (χ1) is 9.75. The van der Waals surface area contributed by atoms with E-state index in [0.29, 0.717) is 0 Å². The Morgan fingerprint density at radius 3 is 2.75 bits per heavy atom. The molecule has 2 heterocycles. The topological polar surface area (TPSA) is 28.4 Å². The summed E-state index contributed by atoms with van der Waals surface area (Å²) in [7, 11) is 0. The molecule has 1 aromatic carbocycles. The van der Waals surface area contributed by atoms with E-state index in [4.69, 9.17) is 4.42 Å². The van der Waals surface area contributed by atoms with Crippen molar-refractivity contribution >= 4 is 0 Å². The van der Waals surface area contributed by atoms with Crippen molar-refractivity contribution in [1.29, 1.82) is 0 Å². The van der Waals surface area contributed by atoms with Crippen LogP contribution >= 0.6 is 0 Å². The second-order valence-electron chi connectivity index (χ2n) is 5.20. The third-order valence-corrected chi connectivity index (χ3v) is 3.87. The summed E-state index contributed by atoms with van der Waals surface area (Å²) in [6.07, 6.45) is 1.68. The predicted octanol–water partition coefficient (Wildman–Crippen LogP) is 2.72. The van der Waals surface area contributed by atoms with E-state index in [0.717, 1.165) is 43.1 Å². The lowest BCUT2D eigenvalue weighted by Crippen LogP contribution is -2.45. The predicted molar refractivity (Wildman–Crippen MR) is 76.1 cm³/mol. The number of benzene rings is 1. The van der Waals surface area contributed by atoms with E-state index in [2.05, 4.69) is 10.2 Å². The van der Waals surface area contributed by atoms with Gasteiger partial charge in [-0.25, -0.2) is 4.39 Å². The Labute approximate surface area is 118 Å². The Balaban J connectivity index is 2.02. The van der Waals surface area contributed by atoms with Crippen molar-refractivity contribution in [2.75, 3.05) is 26.2 Å². The molecule has 1 aliphatic rings. The van der Waals surface area contributed by atoms with E-state index >= 15 is 0 Å². The summed E-state index contributed by atoms with van der Waals surface area (Å²) in [5.41, 5.74) is 2.08. The summed E-state index contributed by atoms with van der Waals surface area (Å²) in [6, 6.07) is 8.82. The highest BCUT2D eigenvalue weighted by Crippen LogP contribution is 2.31. The molecule has 1 aromatic heterocycles. The van der Waals surface area contributed by atoms with Gasteiger partial charge in [-0.15, -0.1) is 0 Å². The third-order valence-electron chi connectivity index (χ3n) is 3.87. The molecule has 3 nitrogen and oxygen atoms in total. The first-order valence-corrected chi connectivity index (χ1v) is 7.00. The second-order valence-corrected chi connectivity index (χ2v) is 5.20. The average Bonchev–Trinajstić information content (AvgIpc) is 2.98. The van der Waals surface area contributed by atoms with Crippen LogP contribution in [0.25, 0.3) is 0 Å². The fourth-order valence-electron chi connectivity index (χ4n) is 2.82. The number of nitrogens with zero attached hydrogens (tertiary/aromatic N) is 1. The fraction of sp³-hybridized carbons (Fsp3) is 0.375. The van der Waals surface area contributed by atoms with E-state index in [1.54, 1.807) is 12.3 Å². The number of halogens is 1. The molecule has 0 saturated carbocycles. The minimum absolute atomic E-state index is 0.0113. The van der Waals surface area contributed by atoms with Gasteiger partial charge in [-0.2, -0.15) is 0 Å². The van der Waals surface area contributed by atoms with E-state index in [9.17, 15) is 4.39 Å². The smallest absolute Gasteiger partial charge is 0.125 e. The lowest BCUT2D eigenvalue weighted by Gasteiger charge is -2.34. The molecule has 4 heteroatoms. The molecule has 0 bridgehead atoms. The Bertz CT molecular complexity index is 562. The monoisotopic (exact) mass is 274 g/mol. The summed E-state index contributed by atoms with van der Waals surface area (Å²) in [6.45, 7) is 5.78. The zero-order valence-electron chi connectivity index (χ0n) is 11.6. The zero-order valence-corrected chi connectivity index (χ0v) is 11.6. The van der Waals surface area contributed by atoms with Crippen molar-refractivity contribution in [2.45, 2.75) is 13.0 Å². The van der Waals surface area contributed by atoms with Crippen LogP contribution < -0.4 is 5.32 Å². The highest BCUT2D eigenvalue weighted by atomic mass is 19.1. The summed E-state index contributed by atoms with van der Waals surface area (Å²) in [4.78, 5) is 2.34. The molecular weight excluding hydrogens is 255 g/mol. The Morgan fingerprint density at radius 2 is 2.05 bits per heavy atom. The van der Waals surface area contributed by atoms with Crippen LogP contribution in [0, 0.1) is 12.7 Å². The van der Waals surface area contributed by atoms with Crippen LogP contribution in [0.4, 0.5) is 4.39 Å². The number of hydrogen-bond acceptors (Lipinski definition) is 3. The first-order valence-electron chi connectivity index (χ1n) is 7.00. The maximum Gasteiger partial charge on any atom is 0.125 e. The zero-order chi connectivity index (χ0) is 13.9. The van der Waals surface area contributed by atoms with Gasteiger partial charge in [0.1, 0.15) is 11.6 Å². The highest BCUT2D eigenvalue weighted by molar-refractivity contribution is 5.34. The minimum Gasteiger partial charge on any atom is -0.467 e. The van der Waals surface area contributed by atoms with Crippen molar-refractivity contribution in [2.24, 2.45) is 0 Å². The summed E-state index contributed by atoms with van der Waals surface area (Å²) < 4.78 is 19.3. The number of hydrogen-bond donors (Lipinski definition) is 1. The molecule has 0 spiro atoms. The molecule has 1 aliphatic heterocycles. The normalized spacial score (nSPS) is 18.1. The Kier molecular flexibility index (Phi) is 3.85. The molecule has 2 aromatic rings. The first kappa shape index (κ1) is 13.3. The van der Waals surface area contributed by atoms with E-state index in [1.807, 2.05) is 25.1 Å². The van der Waals surface area contributed by atoms with Gasteiger partial charge in [0.15, 0.2) is 0 Å². The van der Waals surface area contributed by atoms with E-state index in [1.165, 1.54) is 6.07 Å². The molecule has 1 saturated heterocycles. The molecule has 0 unspecified atom stereocenters. The van der Waals surface area contributed by atoms with Crippen LogP contribution in [0.2, 0.25) is 0 Å². The van der Waals surface area contributed by atoms with Crippen molar-refractivity contribution in [1.82, 2.24) is 10.2 Å². The molecule has 1 N–H and O–H groups in total. The molecule has 1 fully saturated rings. The minimum atomic E-state index is -0.197. The lowest BCUT2D eigenvalue weighted by molar-refractivity contribution is 0.179. The van der Waals surface area contributed by atoms with Gasteiger partial charge in [0.25, 0.3) is 0 Å². The maximum absolute atomic E-state index is 13.7. The lowest BCUT2D eigenvalue weighted by atomic mass is 9.97. The fourth-order valence-corrected chi connectivity index (χ4v) is 2.82. The van der Waals surface area contributed by atoms with Crippen LogP contribution in [0.5, 0.6) is 0 Å². The number of piperazine rings is 1. The van der Waals surface area contributed by atoms with Crippen molar-refractivity contribution < 1.29 is 8.81 Å². The average molecular weight is 274 g/mol. The van der Waals surface area contributed by atoms with Crippen LogP contribution in [-0.4, -0.2) is 31.1 Å².